The monoisotopic (exact) mass is 237 g/mol. The third-order valence-corrected chi connectivity index (χ3v) is 2.66. The van der Waals surface area contributed by atoms with Crippen LogP contribution in [0.25, 0.3) is 5.69 Å². The molecule has 0 fully saturated rings. The first-order valence-corrected chi connectivity index (χ1v) is 5.82. The van der Waals surface area contributed by atoms with Crippen molar-refractivity contribution in [3.05, 3.63) is 29.6 Å². The zero-order valence-corrected chi connectivity index (χ0v) is 10.0. The van der Waals surface area contributed by atoms with E-state index in [1.165, 1.54) is 11.5 Å². The van der Waals surface area contributed by atoms with Gasteiger partial charge in [0.15, 0.2) is 0 Å². The van der Waals surface area contributed by atoms with Gasteiger partial charge in [-0.3, -0.25) is 0 Å². The second-order valence-corrected chi connectivity index (χ2v) is 3.70. The molecule has 0 N–H and O–H groups in total. The second-order valence-electron chi connectivity index (χ2n) is 3.09. The van der Waals surface area contributed by atoms with E-state index >= 15 is 0 Å². The molecule has 84 valence electrons. The molecule has 2 aromatic rings. The van der Waals surface area contributed by atoms with Gasteiger partial charge in [0, 0.05) is 28.3 Å². The highest BCUT2D eigenvalue weighted by molar-refractivity contribution is 7.03. The molecule has 4 nitrogen and oxygen atoms in total. The highest BCUT2D eigenvalue weighted by atomic mass is 32.1. The number of hydrogen-bond donors (Lipinski definition) is 0. The van der Waals surface area contributed by atoms with Crippen molar-refractivity contribution in [3.63, 3.8) is 0 Å². The van der Waals surface area contributed by atoms with Gasteiger partial charge in [0.25, 0.3) is 0 Å². The fraction of sp³-hybridized carbons (Fsp3) is 0.273. The summed E-state index contributed by atoms with van der Waals surface area (Å²) >= 11 is 1.37. The smallest absolute Gasteiger partial charge is 0.412 e. The Labute approximate surface area is 98.2 Å². The lowest BCUT2D eigenvalue weighted by molar-refractivity contribution is -0.657. The highest BCUT2D eigenvalue weighted by Gasteiger charge is 2.18. The van der Waals surface area contributed by atoms with Gasteiger partial charge in [0.2, 0.25) is 5.69 Å². The Morgan fingerprint density at radius 1 is 1.31 bits per heavy atom. The molecule has 2 rings (SSSR count). The molecular formula is C11H13N2O2S+. The summed E-state index contributed by atoms with van der Waals surface area (Å²) < 4.78 is 16.6. The average Bonchev–Trinajstić information content (AvgIpc) is 2.78. The SMILES string of the molecule is CCOc1csn[n+]1-c1ccc(OC)cc1. The van der Waals surface area contributed by atoms with E-state index in [1.807, 2.05) is 36.6 Å². The molecule has 1 aromatic heterocycles. The maximum atomic E-state index is 5.47. The fourth-order valence-corrected chi connectivity index (χ4v) is 1.92. The van der Waals surface area contributed by atoms with Crippen molar-refractivity contribution >= 4 is 11.5 Å². The number of rotatable bonds is 4. The molecule has 0 atom stereocenters. The molecule has 5 heteroatoms. The molecule has 0 radical (unpaired) electrons. The number of aromatic nitrogens is 2. The molecule has 0 aliphatic heterocycles. The Balaban J connectivity index is 2.31. The Bertz CT molecular complexity index is 453. The molecule has 0 unspecified atom stereocenters. The predicted octanol–water partition coefficient (Wildman–Crippen LogP) is 1.83. The summed E-state index contributed by atoms with van der Waals surface area (Å²) in [4.78, 5) is 0. The van der Waals surface area contributed by atoms with Crippen molar-refractivity contribution in [2.24, 2.45) is 0 Å². The van der Waals surface area contributed by atoms with Crippen LogP contribution in [0.2, 0.25) is 0 Å². The maximum Gasteiger partial charge on any atom is 0.412 e. The maximum absolute atomic E-state index is 5.47. The van der Waals surface area contributed by atoms with E-state index in [-0.39, 0.29) is 0 Å². The van der Waals surface area contributed by atoms with Crippen LogP contribution in [0, 0.1) is 0 Å². The Hall–Kier alpha value is -1.62. The summed E-state index contributed by atoms with van der Waals surface area (Å²) in [5, 5.41) is 1.88. The van der Waals surface area contributed by atoms with E-state index in [1.54, 1.807) is 11.8 Å². The summed E-state index contributed by atoms with van der Waals surface area (Å²) in [6, 6.07) is 7.69. The normalized spacial score (nSPS) is 10.1. The van der Waals surface area contributed by atoms with Gasteiger partial charge in [0.1, 0.15) is 11.1 Å². The van der Waals surface area contributed by atoms with Crippen LogP contribution in [0.5, 0.6) is 11.6 Å². The zero-order valence-electron chi connectivity index (χ0n) is 9.21. The van der Waals surface area contributed by atoms with E-state index in [0.717, 1.165) is 17.3 Å². The summed E-state index contributed by atoms with van der Waals surface area (Å²) in [5.41, 5.74) is 0.963. The van der Waals surface area contributed by atoms with Gasteiger partial charge in [-0.25, -0.2) is 0 Å². The van der Waals surface area contributed by atoms with E-state index in [4.69, 9.17) is 9.47 Å². The molecule has 0 aliphatic rings. The van der Waals surface area contributed by atoms with Crippen LogP contribution in [0.3, 0.4) is 0 Å². The van der Waals surface area contributed by atoms with Crippen molar-refractivity contribution in [1.82, 2.24) is 4.49 Å². The molecule has 0 spiro atoms. The second kappa shape index (κ2) is 4.94. The number of benzene rings is 1. The average molecular weight is 237 g/mol. The number of methoxy groups -OCH3 is 1. The van der Waals surface area contributed by atoms with Crippen LogP contribution in [0.1, 0.15) is 6.92 Å². The first-order valence-electron chi connectivity index (χ1n) is 4.99. The Morgan fingerprint density at radius 2 is 2.06 bits per heavy atom. The summed E-state index contributed by atoms with van der Waals surface area (Å²) in [7, 11) is 1.65. The number of nitrogens with zero attached hydrogens (tertiary/aromatic N) is 2. The third-order valence-electron chi connectivity index (χ3n) is 2.10. The molecule has 16 heavy (non-hydrogen) atoms. The summed E-state index contributed by atoms with van der Waals surface area (Å²) in [6.45, 7) is 2.59. The molecule has 0 saturated heterocycles. The van der Waals surface area contributed by atoms with Crippen molar-refractivity contribution < 1.29 is 14.2 Å². The van der Waals surface area contributed by atoms with Gasteiger partial charge in [0.05, 0.1) is 18.2 Å². The van der Waals surface area contributed by atoms with Crippen molar-refractivity contribution in [2.45, 2.75) is 6.92 Å². The first-order chi connectivity index (χ1) is 7.85. The van der Waals surface area contributed by atoms with E-state index in [9.17, 15) is 0 Å². The molecule has 0 bridgehead atoms. The molecule has 0 aliphatic carbocycles. The van der Waals surface area contributed by atoms with Crippen LogP contribution in [0.15, 0.2) is 29.6 Å². The van der Waals surface area contributed by atoms with Gasteiger partial charge in [-0.2, -0.15) is 0 Å². The third kappa shape index (κ3) is 2.14. The standard InChI is InChI=1S/C11H13N2O2S/c1-3-15-11-8-16-12-13(11)9-4-6-10(14-2)7-5-9/h4-8H,3H2,1-2H3/q+1. The summed E-state index contributed by atoms with van der Waals surface area (Å²) in [5.74, 6) is 1.59. The fourth-order valence-electron chi connectivity index (χ4n) is 1.35. The first kappa shape index (κ1) is 10.9. The zero-order chi connectivity index (χ0) is 11.4. The molecule has 0 amide bonds. The van der Waals surface area contributed by atoms with Gasteiger partial charge < -0.3 is 9.47 Å². The molecule has 0 saturated carbocycles. The number of hydrogen-bond acceptors (Lipinski definition) is 4. The van der Waals surface area contributed by atoms with Crippen molar-refractivity contribution in [2.75, 3.05) is 13.7 Å². The number of ether oxygens (including phenoxy) is 2. The lowest BCUT2D eigenvalue weighted by atomic mass is 10.3. The largest absolute Gasteiger partial charge is 0.497 e. The molecular weight excluding hydrogens is 224 g/mol. The van der Waals surface area contributed by atoms with E-state index < -0.39 is 0 Å². The van der Waals surface area contributed by atoms with E-state index in [0.29, 0.717) is 6.61 Å². The van der Waals surface area contributed by atoms with Gasteiger partial charge in [-0.05, 0) is 19.1 Å². The van der Waals surface area contributed by atoms with Crippen LogP contribution in [-0.4, -0.2) is 18.2 Å². The van der Waals surface area contributed by atoms with Gasteiger partial charge in [-0.15, -0.1) is 0 Å². The summed E-state index contributed by atoms with van der Waals surface area (Å²) in [6.07, 6.45) is 0. The Kier molecular flexibility index (Phi) is 3.36. The quantitative estimate of drug-likeness (QED) is 0.761. The van der Waals surface area contributed by atoms with Crippen molar-refractivity contribution in [1.29, 1.82) is 0 Å². The lowest BCUT2D eigenvalue weighted by Crippen LogP contribution is -2.33. The highest BCUT2D eigenvalue weighted by Crippen LogP contribution is 2.14. The predicted molar refractivity (Wildman–Crippen MR) is 61.4 cm³/mol. The van der Waals surface area contributed by atoms with E-state index in [2.05, 4.69) is 4.49 Å². The minimum absolute atomic E-state index is 0.634. The van der Waals surface area contributed by atoms with Crippen LogP contribution in [0.4, 0.5) is 0 Å². The van der Waals surface area contributed by atoms with Crippen LogP contribution in [-0.2, 0) is 0 Å². The van der Waals surface area contributed by atoms with Crippen LogP contribution >= 0.6 is 11.5 Å². The molecule has 1 aromatic carbocycles. The Morgan fingerprint density at radius 3 is 2.69 bits per heavy atom. The van der Waals surface area contributed by atoms with Crippen molar-refractivity contribution in [3.8, 4) is 17.3 Å². The lowest BCUT2D eigenvalue weighted by Gasteiger charge is -1.98. The van der Waals surface area contributed by atoms with Crippen LogP contribution < -0.4 is 14.2 Å². The topological polar surface area (TPSA) is 35.2 Å². The molecule has 1 heterocycles. The van der Waals surface area contributed by atoms with Gasteiger partial charge >= 0.3 is 5.88 Å². The van der Waals surface area contributed by atoms with Gasteiger partial charge in [-0.1, -0.05) is 0 Å². The minimum atomic E-state index is 0.634. The minimum Gasteiger partial charge on any atom is -0.497 e.